The van der Waals surface area contributed by atoms with Crippen molar-refractivity contribution in [3.8, 4) is 0 Å². The zero-order valence-electron chi connectivity index (χ0n) is 13.0. The van der Waals surface area contributed by atoms with Gasteiger partial charge < -0.3 is 20.3 Å². The van der Waals surface area contributed by atoms with Crippen LogP contribution in [0.3, 0.4) is 0 Å². The van der Waals surface area contributed by atoms with Crippen LogP contribution < -0.4 is 10.6 Å². The van der Waals surface area contributed by atoms with Gasteiger partial charge in [-0.1, -0.05) is 27.7 Å². The van der Waals surface area contributed by atoms with Crippen molar-refractivity contribution in [3.63, 3.8) is 0 Å². The standard InChI is InChI=1S/C14H31N3O2/c1-5-17(6-2)10-12-19-11-9-16-14(18)15-8-7-13(3)4/h13H,5-12H2,1-4H3,(H2,15,16,18). The quantitative estimate of drug-likeness (QED) is 0.563. The molecule has 2 amide bonds. The van der Waals surface area contributed by atoms with E-state index in [0.29, 0.717) is 19.1 Å². The van der Waals surface area contributed by atoms with Crippen LogP contribution in [0.2, 0.25) is 0 Å². The largest absolute Gasteiger partial charge is 0.378 e. The van der Waals surface area contributed by atoms with Crippen molar-refractivity contribution < 1.29 is 9.53 Å². The van der Waals surface area contributed by atoms with E-state index in [1.54, 1.807) is 0 Å². The lowest BCUT2D eigenvalue weighted by molar-refractivity contribution is 0.109. The van der Waals surface area contributed by atoms with Gasteiger partial charge in [0.05, 0.1) is 13.2 Å². The number of likely N-dealkylation sites (N-methyl/N-ethyl adjacent to an activating group) is 1. The lowest BCUT2D eigenvalue weighted by Gasteiger charge is -2.17. The Kier molecular flexibility index (Phi) is 11.7. The molecule has 0 aromatic heterocycles. The summed E-state index contributed by atoms with van der Waals surface area (Å²) in [6.45, 7) is 14.2. The molecule has 0 atom stereocenters. The average Bonchev–Trinajstić information content (AvgIpc) is 2.37. The van der Waals surface area contributed by atoms with Gasteiger partial charge in [-0.25, -0.2) is 4.79 Å². The zero-order valence-corrected chi connectivity index (χ0v) is 13.0. The second kappa shape index (κ2) is 12.2. The number of nitrogens with one attached hydrogen (secondary N) is 2. The highest BCUT2D eigenvalue weighted by atomic mass is 16.5. The maximum Gasteiger partial charge on any atom is 0.314 e. The first-order chi connectivity index (χ1) is 9.10. The van der Waals surface area contributed by atoms with Gasteiger partial charge in [0, 0.05) is 19.6 Å². The molecule has 0 aromatic rings. The van der Waals surface area contributed by atoms with E-state index in [0.717, 1.165) is 39.2 Å². The van der Waals surface area contributed by atoms with Crippen LogP contribution >= 0.6 is 0 Å². The molecule has 114 valence electrons. The molecule has 0 bridgehead atoms. The van der Waals surface area contributed by atoms with Crippen LogP contribution in [0.25, 0.3) is 0 Å². The highest BCUT2D eigenvalue weighted by Crippen LogP contribution is 1.95. The molecule has 0 spiro atoms. The first-order valence-corrected chi connectivity index (χ1v) is 7.41. The number of nitrogens with zero attached hydrogens (tertiary/aromatic N) is 1. The highest BCUT2D eigenvalue weighted by molar-refractivity contribution is 5.73. The molecule has 0 aromatic carbocycles. The third-order valence-electron chi connectivity index (χ3n) is 2.99. The fraction of sp³-hybridized carbons (Fsp3) is 0.929. The minimum Gasteiger partial charge on any atom is -0.378 e. The second-order valence-electron chi connectivity index (χ2n) is 5.00. The molecule has 5 heteroatoms. The number of amides is 2. The van der Waals surface area contributed by atoms with Crippen molar-refractivity contribution >= 4 is 6.03 Å². The average molecular weight is 273 g/mol. The van der Waals surface area contributed by atoms with Gasteiger partial charge >= 0.3 is 6.03 Å². The summed E-state index contributed by atoms with van der Waals surface area (Å²) in [7, 11) is 0. The normalized spacial score (nSPS) is 11.1. The summed E-state index contributed by atoms with van der Waals surface area (Å²) in [6, 6.07) is -0.104. The minimum atomic E-state index is -0.104. The summed E-state index contributed by atoms with van der Waals surface area (Å²) in [5.74, 6) is 0.615. The number of hydrogen-bond acceptors (Lipinski definition) is 3. The van der Waals surface area contributed by atoms with Gasteiger partial charge in [0.2, 0.25) is 0 Å². The van der Waals surface area contributed by atoms with Crippen LogP contribution in [0, 0.1) is 5.92 Å². The van der Waals surface area contributed by atoms with Crippen molar-refractivity contribution in [1.29, 1.82) is 0 Å². The Hall–Kier alpha value is -0.810. The van der Waals surface area contributed by atoms with Crippen LogP contribution in [0.5, 0.6) is 0 Å². The maximum absolute atomic E-state index is 11.4. The first-order valence-electron chi connectivity index (χ1n) is 7.41. The Morgan fingerprint density at radius 1 is 1.11 bits per heavy atom. The summed E-state index contributed by atoms with van der Waals surface area (Å²) in [4.78, 5) is 13.7. The summed E-state index contributed by atoms with van der Waals surface area (Å²) in [5.41, 5.74) is 0. The topological polar surface area (TPSA) is 53.6 Å². The van der Waals surface area contributed by atoms with Gasteiger partial charge in [-0.05, 0) is 25.4 Å². The van der Waals surface area contributed by atoms with Crippen molar-refractivity contribution in [1.82, 2.24) is 15.5 Å². The van der Waals surface area contributed by atoms with Crippen LogP contribution in [0.1, 0.15) is 34.1 Å². The predicted molar refractivity (Wildman–Crippen MR) is 79.5 cm³/mol. The van der Waals surface area contributed by atoms with Crippen molar-refractivity contribution in [3.05, 3.63) is 0 Å². The van der Waals surface area contributed by atoms with Crippen molar-refractivity contribution in [2.45, 2.75) is 34.1 Å². The number of carbonyl (C=O) groups excluding carboxylic acids is 1. The fourth-order valence-corrected chi connectivity index (χ4v) is 1.61. The molecule has 0 fully saturated rings. The summed E-state index contributed by atoms with van der Waals surface area (Å²) < 4.78 is 5.48. The lowest BCUT2D eigenvalue weighted by Crippen LogP contribution is -2.38. The number of rotatable bonds is 11. The lowest BCUT2D eigenvalue weighted by atomic mass is 10.1. The van der Waals surface area contributed by atoms with E-state index in [-0.39, 0.29) is 6.03 Å². The minimum absolute atomic E-state index is 0.104. The Morgan fingerprint density at radius 3 is 2.32 bits per heavy atom. The molecule has 19 heavy (non-hydrogen) atoms. The third-order valence-corrected chi connectivity index (χ3v) is 2.99. The van der Waals surface area contributed by atoms with E-state index in [4.69, 9.17) is 4.74 Å². The molecule has 0 heterocycles. The number of carbonyl (C=O) groups is 1. The SMILES string of the molecule is CCN(CC)CCOCCNC(=O)NCCC(C)C. The molecule has 2 N–H and O–H groups in total. The van der Waals surface area contributed by atoms with Gasteiger partial charge in [-0.2, -0.15) is 0 Å². The van der Waals surface area contributed by atoms with Crippen molar-refractivity contribution in [2.75, 3.05) is 45.9 Å². The van der Waals surface area contributed by atoms with E-state index >= 15 is 0 Å². The molecule has 0 rings (SSSR count). The predicted octanol–water partition coefficient (Wildman–Crippen LogP) is 1.69. The van der Waals surface area contributed by atoms with Gasteiger partial charge in [0.1, 0.15) is 0 Å². The monoisotopic (exact) mass is 273 g/mol. The third kappa shape index (κ3) is 12.0. The molecule has 0 saturated carbocycles. The van der Waals surface area contributed by atoms with Crippen LogP contribution in [0.15, 0.2) is 0 Å². The molecule has 0 aliphatic rings. The van der Waals surface area contributed by atoms with Crippen LogP contribution in [0.4, 0.5) is 4.79 Å². The summed E-state index contributed by atoms with van der Waals surface area (Å²) >= 11 is 0. The molecule has 0 aliphatic carbocycles. The first kappa shape index (κ1) is 18.2. The van der Waals surface area contributed by atoms with Gasteiger partial charge in [-0.15, -0.1) is 0 Å². The van der Waals surface area contributed by atoms with Gasteiger partial charge in [-0.3, -0.25) is 0 Å². The Balaban J connectivity index is 3.31. The number of urea groups is 1. The summed E-state index contributed by atoms with van der Waals surface area (Å²) in [5, 5.41) is 5.61. The van der Waals surface area contributed by atoms with Gasteiger partial charge in [0.25, 0.3) is 0 Å². The molecule has 0 aliphatic heterocycles. The number of hydrogen-bond donors (Lipinski definition) is 2. The van der Waals surface area contributed by atoms with Crippen molar-refractivity contribution in [2.24, 2.45) is 5.92 Å². The maximum atomic E-state index is 11.4. The highest BCUT2D eigenvalue weighted by Gasteiger charge is 2.01. The molecule has 0 saturated heterocycles. The zero-order chi connectivity index (χ0) is 14.5. The molecule has 0 radical (unpaired) electrons. The molecular weight excluding hydrogens is 242 g/mol. The van der Waals surface area contributed by atoms with E-state index in [9.17, 15) is 4.79 Å². The second-order valence-corrected chi connectivity index (χ2v) is 5.00. The van der Waals surface area contributed by atoms with Gasteiger partial charge in [0.15, 0.2) is 0 Å². The van der Waals surface area contributed by atoms with E-state index in [2.05, 4.69) is 43.2 Å². The van der Waals surface area contributed by atoms with E-state index < -0.39 is 0 Å². The van der Waals surface area contributed by atoms with Crippen LogP contribution in [-0.4, -0.2) is 56.9 Å². The summed E-state index contributed by atoms with van der Waals surface area (Å²) in [6.07, 6.45) is 1.01. The van der Waals surface area contributed by atoms with E-state index in [1.165, 1.54) is 0 Å². The molecular formula is C14H31N3O2. The Morgan fingerprint density at radius 2 is 1.74 bits per heavy atom. The molecule has 0 unspecified atom stereocenters. The van der Waals surface area contributed by atoms with Crippen LogP contribution in [-0.2, 0) is 4.74 Å². The van der Waals surface area contributed by atoms with E-state index in [1.807, 2.05) is 0 Å². The number of ether oxygens (including phenoxy) is 1. The molecule has 5 nitrogen and oxygen atoms in total. The fourth-order valence-electron chi connectivity index (χ4n) is 1.61. The Bertz CT molecular complexity index is 219. The smallest absolute Gasteiger partial charge is 0.314 e. The Labute approximate surface area is 118 Å².